The van der Waals surface area contributed by atoms with Crippen molar-refractivity contribution in [2.75, 3.05) is 31.1 Å². The van der Waals surface area contributed by atoms with E-state index in [1.54, 1.807) is 11.3 Å². The van der Waals surface area contributed by atoms with Crippen LogP contribution in [0.2, 0.25) is 0 Å². The van der Waals surface area contributed by atoms with Gasteiger partial charge in [-0.25, -0.2) is 4.98 Å². The second-order valence-corrected chi connectivity index (χ2v) is 8.61. The Kier molecular flexibility index (Phi) is 5.45. The predicted octanol–water partition coefficient (Wildman–Crippen LogP) is 3.36. The molecule has 1 N–H and O–H groups in total. The Balaban J connectivity index is 1.32. The van der Waals surface area contributed by atoms with E-state index in [9.17, 15) is 4.79 Å². The maximum Gasteiger partial charge on any atom is 0.236 e. The Bertz CT molecular complexity index is 873. The van der Waals surface area contributed by atoms with Gasteiger partial charge in [0.2, 0.25) is 11.1 Å². The molecule has 140 valence electrons. The van der Waals surface area contributed by atoms with E-state index in [-0.39, 0.29) is 11.2 Å². The number of amides is 1. The third-order valence-corrected chi connectivity index (χ3v) is 6.39. The standard InChI is InChI=1S/C19H21N5OS2/c1-14(27-19-20-17(21-22-19)16-8-5-13-26-16)18(25)24-11-9-23(10-12-24)15-6-3-2-4-7-15/h2-8,13-14H,9-12H2,1H3,(H,20,21,22)/t14-/m1/s1. The van der Waals surface area contributed by atoms with Gasteiger partial charge in [-0.05, 0) is 30.5 Å². The van der Waals surface area contributed by atoms with Crippen LogP contribution in [0, 0.1) is 0 Å². The quantitative estimate of drug-likeness (QED) is 0.667. The summed E-state index contributed by atoms with van der Waals surface area (Å²) in [5, 5.41) is 9.61. The number of aromatic nitrogens is 3. The van der Waals surface area contributed by atoms with E-state index < -0.39 is 0 Å². The normalized spacial score (nSPS) is 15.7. The number of hydrogen-bond acceptors (Lipinski definition) is 6. The van der Waals surface area contributed by atoms with Crippen molar-refractivity contribution in [3.63, 3.8) is 0 Å². The van der Waals surface area contributed by atoms with E-state index in [1.165, 1.54) is 17.4 Å². The molecule has 1 aromatic carbocycles. The highest BCUT2D eigenvalue weighted by Gasteiger charge is 2.26. The summed E-state index contributed by atoms with van der Waals surface area (Å²) in [5.74, 6) is 0.902. The van der Waals surface area contributed by atoms with Crippen LogP contribution in [0.5, 0.6) is 0 Å². The molecular formula is C19H21N5OS2. The molecule has 0 aliphatic carbocycles. The lowest BCUT2D eigenvalue weighted by Crippen LogP contribution is -2.50. The molecule has 4 rings (SSSR count). The minimum absolute atomic E-state index is 0.148. The Morgan fingerprint density at radius 2 is 1.93 bits per heavy atom. The highest BCUT2D eigenvalue weighted by molar-refractivity contribution is 8.00. The van der Waals surface area contributed by atoms with Gasteiger partial charge in [0.15, 0.2) is 5.82 Å². The van der Waals surface area contributed by atoms with Crippen molar-refractivity contribution in [1.29, 1.82) is 0 Å². The van der Waals surface area contributed by atoms with Gasteiger partial charge in [-0.15, -0.1) is 16.4 Å². The number of rotatable bonds is 5. The fourth-order valence-corrected chi connectivity index (χ4v) is 4.58. The maximum atomic E-state index is 12.8. The molecule has 27 heavy (non-hydrogen) atoms. The summed E-state index contributed by atoms with van der Waals surface area (Å²) in [4.78, 5) is 22.6. The molecule has 1 aliphatic rings. The lowest BCUT2D eigenvalue weighted by Gasteiger charge is -2.37. The van der Waals surface area contributed by atoms with Gasteiger partial charge in [-0.1, -0.05) is 36.0 Å². The lowest BCUT2D eigenvalue weighted by molar-refractivity contribution is -0.130. The molecular weight excluding hydrogens is 378 g/mol. The van der Waals surface area contributed by atoms with Crippen LogP contribution in [0.1, 0.15) is 6.92 Å². The van der Waals surface area contributed by atoms with E-state index in [2.05, 4.69) is 32.2 Å². The second-order valence-electron chi connectivity index (χ2n) is 6.35. The van der Waals surface area contributed by atoms with E-state index >= 15 is 0 Å². The maximum absolute atomic E-state index is 12.8. The topological polar surface area (TPSA) is 65.1 Å². The average molecular weight is 400 g/mol. The summed E-state index contributed by atoms with van der Waals surface area (Å²) < 4.78 is 0. The molecule has 1 atom stereocenters. The van der Waals surface area contributed by atoms with Crippen molar-refractivity contribution in [1.82, 2.24) is 20.1 Å². The first kappa shape index (κ1) is 18.1. The van der Waals surface area contributed by atoms with Gasteiger partial charge < -0.3 is 9.80 Å². The number of aromatic amines is 1. The number of carbonyl (C=O) groups is 1. The van der Waals surface area contributed by atoms with Crippen molar-refractivity contribution in [2.24, 2.45) is 0 Å². The highest BCUT2D eigenvalue weighted by atomic mass is 32.2. The summed E-state index contributed by atoms with van der Waals surface area (Å²) in [6, 6.07) is 14.3. The number of H-pyrrole nitrogens is 1. The Morgan fingerprint density at radius 3 is 2.63 bits per heavy atom. The molecule has 0 bridgehead atoms. The fraction of sp³-hybridized carbons (Fsp3) is 0.316. The zero-order valence-corrected chi connectivity index (χ0v) is 16.7. The second kappa shape index (κ2) is 8.14. The van der Waals surface area contributed by atoms with Crippen LogP contribution in [-0.2, 0) is 4.79 Å². The first-order valence-corrected chi connectivity index (χ1v) is 10.7. The van der Waals surface area contributed by atoms with E-state index in [1.807, 2.05) is 47.5 Å². The van der Waals surface area contributed by atoms with Gasteiger partial charge in [-0.3, -0.25) is 9.89 Å². The van der Waals surface area contributed by atoms with Crippen molar-refractivity contribution >= 4 is 34.7 Å². The van der Waals surface area contributed by atoms with Crippen LogP contribution >= 0.6 is 23.1 Å². The van der Waals surface area contributed by atoms with Crippen molar-refractivity contribution in [3.05, 3.63) is 47.8 Å². The number of thiophene rings is 1. The van der Waals surface area contributed by atoms with Crippen LogP contribution in [0.4, 0.5) is 5.69 Å². The van der Waals surface area contributed by atoms with Crippen LogP contribution in [0.15, 0.2) is 53.0 Å². The summed E-state index contributed by atoms with van der Waals surface area (Å²) in [6.45, 7) is 5.13. The van der Waals surface area contributed by atoms with E-state index in [0.717, 1.165) is 36.9 Å². The molecule has 1 saturated heterocycles. The SMILES string of the molecule is C[C@@H](Sc1n[nH]c(-c2cccs2)n1)C(=O)N1CCN(c2ccccc2)CC1. The molecule has 3 aromatic rings. The third-order valence-electron chi connectivity index (χ3n) is 4.56. The van der Waals surface area contributed by atoms with Gasteiger partial charge >= 0.3 is 0 Å². The van der Waals surface area contributed by atoms with Gasteiger partial charge in [0.05, 0.1) is 10.1 Å². The van der Waals surface area contributed by atoms with Gasteiger partial charge in [0, 0.05) is 31.9 Å². The molecule has 0 radical (unpaired) electrons. The van der Waals surface area contributed by atoms with Crippen LogP contribution in [0.3, 0.4) is 0 Å². The van der Waals surface area contributed by atoms with Crippen LogP contribution in [0.25, 0.3) is 10.7 Å². The average Bonchev–Trinajstić information content (AvgIpc) is 3.40. The fourth-order valence-electron chi connectivity index (χ4n) is 3.11. The summed E-state index contributed by atoms with van der Waals surface area (Å²) in [5.41, 5.74) is 1.22. The summed E-state index contributed by atoms with van der Waals surface area (Å²) in [6.07, 6.45) is 0. The number of benzene rings is 1. The molecule has 0 spiro atoms. The Morgan fingerprint density at radius 1 is 1.15 bits per heavy atom. The number of anilines is 1. The Labute approximate surface area is 166 Å². The number of carbonyl (C=O) groups excluding carboxylic acids is 1. The number of nitrogens with zero attached hydrogens (tertiary/aromatic N) is 4. The molecule has 1 fully saturated rings. The number of para-hydroxylation sites is 1. The van der Waals surface area contributed by atoms with E-state index in [0.29, 0.717) is 5.16 Å². The van der Waals surface area contributed by atoms with Gasteiger partial charge in [0.25, 0.3) is 0 Å². The predicted molar refractivity (Wildman–Crippen MR) is 110 cm³/mol. The molecule has 3 heterocycles. The first-order chi connectivity index (χ1) is 13.2. The van der Waals surface area contributed by atoms with Crippen LogP contribution in [-0.4, -0.2) is 57.4 Å². The van der Waals surface area contributed by atoms with Crippen molar-refractivity contribution < 1.29 is 4.79 Å². The minimum Gasteiger partial charge on any atom is -0.368 e. The molecule has 2 aromatic heterocycles. The number of thioether (sulfide) groups is 1. The molecule has 1 amide bonds. The molecule has 6 nitrogen and oxygen atoms in total. The zero-order chi connectivity index (χ0) is 18.6. The van der Waals surface area contributed by atoms with Gasteiger partial charge in [-0.2, -0.15) is 0 Å². The lowest BCUT2D eigenvalue weighted by atomic mass is 10.2. The first-order valence-electron chi connectivity index (χ1n) is 8.92. The summed E-state index contributed by atoms with van der Waals surface area (Å²) >= 11 is 3.02. The summed E-state index contributed by atoms with van der Waals surface area (Å²) in [7, 11) is 0. The van der Waals surface area contributed by atoms with Crippen molar-refractivity contribution in [3.8, 4) is 10.7 Å². The largest absolute Gasteiger partial charge is 0.368 e. The number of hydrogen-bond donors (Lipinski definition) is 1. The third kappa shape index (κ3) is 4.17. The highest BCUT2D eigenvalue weighted by Crippen LogP contribution is 2.26. The van der Waals surface area contributed by atoms with Crippen LogP contribution < -0.4 is 4.90 Å². The van der Waals surface area contributed by atoms with Gasteiger partial charge in [0.1, 0.15) is 0 Å². The zero-order valence-electron chi connectivity index (χ0n) is 15.0. The van der Waals surface area contributed by atoms with E-state index in [4.69, 9.17) is 0 Å². The minimum atomic E-state index is -0.208. The monoisotopic (exact) mass is 399 g/mol. The smallest absolute Gasteiger partial charge is 0.236 e. The van der Waals surface area contributed by atoms with Crippen molar-refractivity contribution in [2.45, 2.75) is 17.3 Å². The Hall–Kier alpha value is -2.32. The molecule has 0 unspecified atom stereocenters. The molecule has 8 heteroatoms. The number of piperazine rings is 1. The molecule has 0 saturated carbocycles. The number of nitrogens with one attached hydrogen (secondary N) is 1. The molecule has 1 aliphatic heterocycles.